The van der Waals surface area contributed by atoms with Crippen molar-refractivity contribution in [3.05, 3.63) is 28.8 Å². The number of hydrogen-bond donors (Lipinski definition) is 1. The monoisotopic (exact) mass is 350 g/mol. The molecule has 25 heavy (non-hydrogen) atoms. The van der Waals surface area contributed by atoms with E-state index in [9.17, 15) is 9.90 Å². The highest BCUT2D eigenvalue weighted by Crippen LogP contribution is 2.34. The van der Waals surface area contributed by atoms with E-state index in [1.807, 2.05) is 19.1 Å². The molecule has 0 aliphatic heterocycles. The predicted octanol–water partition coefficient (Wildman–Crippen LogP) is 3.96. The van der Waals surface area contributed by atoms with Crippen LogP contribution < -0.4 is 0 Å². The molecular weight excluding hydrogens is 314 g/mol. The first-order valence-corrected chi connectivity index (χ1v) is 9.34. The number of aromatic hydroxyl groups is 1. The van der Waals surface area contributed by atoms with Crippen molar-refractivity contribution in [3.8, 4) is 5.75 Å². The third-order valence-electron chi connectivity index (χ3n) is 5.21. The molecule has 1 N–H and O–H groups in total. The normalized spacial score (nSPS) is 12.3. The van der Waals surface area contributed by atoms with Gasteiger partial charge in [0.2, 0.25) is 0 Å². The molecule has 4 nitrogen and oxygen atoms in total. The fraction of sp³-hybridized carbons (Fsp3) is 0.667. The van der Waals surface area contributed by atoms with Gasteiger partial charge in [0.25, 0.3) is 0 Å². The Kier molecular flexibility index (Phi) is 7.48. The summed E-state index contributed by atoms with van der Waals surface area (Å²) in [6, 6.07) is 3.97. The average molecular weight is 351 g/mol. The Balaban J connectivity index is 2.61. The minimum atomic E-state index is -0.151. The topological polar surface area (TPSA) is 46.5 Å². The zero-order valence-corrected chi connectivity index (χ0v) is 17.1. The number of carbonyl (C=O) groups excluding carboxylic acids is 1. The van der Waals surface area contributed by atoms with Gasteiger partial charge in [-0.25, -0.2) is 0 Å². The van der Waals surface area contributed by atoms with E-state index in [-0.39, 0.29) is 11.4 Å². The zero-order chi connectivity index (χ0) is 19.3. The molecule has 0 saturated heterocycles. The molecule has 0 unspecified atom stereocenters. The van der Waals surface area contributed by atoms with Gasteiger partial charge in [0.05, 0.1) is 20.1 Å². The summed E-state index contributed by atoms with van der Waals surface area (Å²) in [5, 5.41) is 10.3. The molecule has 1 aromatic rings. The highest BCUT2D eigenvalue weighted by molar-refractivity contribution is 5.69. The van der Waals surface area contributed by atoms with Crippen LogP contribution >= 0.6 is 0 Å². The standard InChI is InChI=1S/C21H35NO3/c1-8-22(7,9-2)12-13-25-19(23)11-10-17-14-16(3)20(24)18(15-17)21(4,5)6/h14-15H,8-13H2,1-7H3/p+1. The van der Waals surface area contributed by atoms with Crippen LogP contribution in [0.2, 0.25) is 0 Å². The van der Waals surface area contributed by atoms with Crippen LogP contribution in [0.15, 0.2) is 12.1 Å². The van der Waals surface area contributed by atoms with Crippen molar-refractivity contribution in [2.45, 2.75) is 59.8 Å². The number of carbonyl (C=O) groups is 1. The first kappa shape index (κ1) is 21.5. The molecule has 0 aliphatic carbocycles. The van der Waals surface area contributed by atoms with E-state index < -0.39 is 0 Å². The molecule has 0 heterocycles. The van der Waals surface area contributed by atoms with Gasteiger partial charge in [-0.3, -0.25) is 4.79 Å². The van der Waals surface area contributed by atoms with Crippen molar-refractivity contribution in [2.24, 2.45) is 0 Å². The highest BCUT2D eigenvalue weighted by Gasteiger charge is 2.21. The Morgan fingerprint density at radius 3 is 2.32 bits per heavy atom. The summed E-state index contributed by atoms with van der Waals surface area (Å²) in [4.78, 5) is 12.0. The van der Waals surface area contributed by atoms with Gasteiger partial charge in [-0.1, -0.05) is 32.9 Å². The number of hydrogen-bond acceptors (Lipinski definition) is 3. The maximum atomic E-state index is 12.0. The summed E-state index contributed by atoms with van der Waals surface area (Å²) in [6.07, 6.45) is 1.01. The predicted molar refractivity (Wildman–Crippen MR) is 103 cm³/mol. The van der Waals surface area contributed by atoms with Gasteiger partial charge in [-0.15, -0.1) is 0 Å². The summed E-state index contributed by atoms with van der Waals surface area (Å²) in [6.45, 7) is 15.9. The number of phenolic OH excluding ortho intramolecular Hbond substituents is 1. The highest BCUT2D eigenvalue weighted by atomic mass is 16.5. The van der Waals surface area contributed by atoms with E-state index in [0.29, 0.717) is 25.2 Å². The number of esters is 1. The number of likely N-dealkylation sites (N-methyl/N-ethyl adjacent to an activating group) is 1. The van der Waals surface area contributed by atoms with E-state index >= 15 is 0 Å². The second-order valence-electron chi connectivity index (χ2n) is 8.25. The van der Waals surface area contributed by atoms with Crippen LogP contribution in [0.25, 0.3) is 0 Å². The molecule has 0 amide bonds. The summed E-state index contributed by atoms with van der Waals surface area (Å²) in [5.41, 5.74) is 2.72. The Labute approximate surface area is 153 Å². The summed E-state index contributed by atoms with van der Waals surface area (Å²) in [5.74, 6) is 0.205. The third-order valence-corrected chi connectivity index (χ3v) is 5.21. The second-order valence-corrected chi connectivity index (χ2v) is 8.25. The lowest BCUT2D eigenvalue weighted by atomic mass is 9.83. The van der Waals surface area contributed by atoms with Crippen molar-refractivity contribution in [1.29, 1.82) is 0 Å². The lowest BCUT2D eigenvalue weighted by molar-refractivity contribution is -0.906. The third kappa shape index (κ3) is 6.35. The average Bonchev–Trinajstić information content (AvgIpc) is 2.54. The van der Waals surface area contributed by atoms with E-state index in [4.69, 9.17) is 4.74 Å². The number of nitrogens with zero attached hydrogens (tertiary/aromatic N) is 1. The molecule has 0 spiro atoms. The van der Waals surface area contributed by atoms with Crippen LogP contribution in [-0.2, 0) is 21.4 Å². The van der Waals surface area contributed by atoms with Gasteiger partial charge in [0, 0.05) is 6.42 Å². The van der Waals surface area contributed by atoms with Crippen LogP contribution in [0, 0.1) is 6.92 Å². The maximum Gasteiger partial charge on any atom is 0.306 e. The number of aryl methyl sites for hydroxylation is 2. The molecule has 1 rings (SSSR count). The molecule has 0 radical (unpaired) electrons. The second kappa shape index (κ2) is 8.70. The zero-order valence-electron chi connectivity index (χ0n) is 17.1. The van der Waals surface area contributed by atoms with Gasteiger partial charge in [-0.2, -0.15) is 0 Å². The lowest BCUT2D eigenvalue weighted by Crippen LogP contribution is -2.46. The summed E-state index contributed by atoms with van der Waals surface area (Å²) >= 11 is 0. The molecule has 0 aliphatic rings. The summed E-state index contributed by atoms with van der Waals surface area (Å²) in [7, 11) is 2.18. The van der Waals surface area contributed by atoms with Crippen LogP contribution in [-0.4, -0.2) is 48.8 Å². The van der Waals surface area contributed by atoms with E-state index in [2.05, 4.69) is 41.7 Å². The quantitative estimate of drug-likeness (QED) is 0.570. The van der Waals surface area contributed by atoms with Gasteiger partial charge in [0.1, 0.15) is 18.9 Å². The minimum Gasteiger partial charge on any atom is -0.507 e. The van der Waals surface area contributed by atoms with Crippen molar-refractivity contribution in [1.82, 2.24) is 0 Å². The number of phenols is 1. The summed E-state index contributed by atoms with van der Waals surface area (Å²) < 4.78 is 6.33. The van der Waals surface area contributed by atoms with Crippen LogP contribution in [0.3, 0.4) is 0 Å². The SMILES string of the molecule is CC[N+](C)(CC)CCOC(=O)CCc1cc(C)c(O)c(C(C)(C)C)c1. The Morgan fingerprint density at radius 2 is 1.80 bits per heavy atom. The van der Waals surface area contributed by atoms with Crippen LogP contribution in [0.1, 0.15) is 57.7 Å². The van der Waals surface area contributed by atoms with Gasteiger partial charge < -0.3 is 14.3 Å². The Bertz CT molecular complexity index is 584. The molecule has 1 aromatic carbocycles. The molecule has 0 atom stereocenters. The fourth-order valence-corrected chi connectivity index (χ4v) is 2.81. The molecule has 0 bridgehead atoms. The van der Waals surface area contributed by atoms with Gasteiger partial charge in [-0.05, 0) is 49.3 Å². The molecule has 4 heteroatoms. The first-order valence-electron chi connectivity index (χ1n) is 9.34. The number of benzene rings is 1. The first-order chi connectivity index (χ1) is 11.5. The van der Waals surface area contributed by atoms with Crippen molar-refractivity contribution < 1.29 is 19.1 Å². The minimum absolute atomic E-state index is 0.131. The van der Waals surface area contributed by atoms with Crippen molar-refractivity contribution >= 4 is 5.97 Å². The van der Waals surface area contributed by atoms with Crippen LogP contribution in [0.5, 0.6) is 5.75 Å². The van der Waals surface area contributed by atoms with E-state index in [1.165, 1.54) is 0 Å². The van der Waals surface area contributed by atoms with Gasteiger partial charge in [0.15, 0.2) is 0 Å². The van der Waals surface area contributed by atoms with E-state index in [1.54, 1.807) is 0 Å². The maximum absolute atomic E-state index is 12.0. The number of ether oxygens (including phenoxy) is 1. The molecular formula is C21H36NO3+. The van der Waals surface area contributed by atoms with Crippen molar-refractivity contribution in [2.75, 3.05) is 33.3 Å². The smallest absolute Gasteiger partial charge is 0.306 e. The van der Waals surface area contributed by atoms with E-state index in [0.717, 1.165) is 40.8 Å². The lowest BCUT2D eigenvalue weighted by Gasteiger charge is -2.31. The number of rotatable bonds is 8. The molecule has 0 aromatic heterocycles. The number of quaternary nitrogens is 1. The largest absolute Gasteiger partial charge is 0.507 e. The van der Waals surface area contributed by atoms with Gasteiger partial charge >= 0.3 is 5.97 Å². The molecule has 0 fully saturated rings. The molecule has 142 valence electrons. The molecule has 0 saturated carbocycles. The van der Waals surface area contributed by atoms with Crippen LogP contribution in [0.4, 0.5) is 0 Å². The Morgan fingerprint density at radius 1 is 1.20 bits per heavy atom. The fourth-order valence-electron chi connectivity index (χ4n) is 2.81. The van der Waals surface area contributed by atoms with Crippen molar-refractivity contribution in [3.63, 3.8) is 0 Å². The Hall–Kier alpha value is -1.55.